The first-order chi connectivity index (χ1) is 10.1. The molecular formula is C15H20FN5. The number of aromatic nitrogens is 3. The van der Waals surface area contributed by atoms with Crippen molar-refractivity contribution in [2.24, 2.45) is 0 Å². The van der Waals surface area contributed by atoms with Gasteiger partial charge in [-0.2, -0.15) is 15.0 Å². The molecule has 1 aromatic heterocycles. The van der Waals surface area contributed by atoms with E-state index in [-0.39, 0.29) is 5.82 Å². The Labute approximate surface area is 124 Å². The fourth-order valence-electron chi connectivity index (χ4n) is 2.12. The standard InChI is InChI=1S/C15H20FN5/c1-5-21(6-2)15-19-13(18-14(17-4)20-15)12-8-7-11(16)9-10(12)3/h7-9H,5-6H2,1-4H3,(H,17,18,19,20). The van der Waals surface area contributed by atoms with Crippen molar-refractivity contribution in [3.05, 3.63) is 29.6 Å². The number of hydrogen-bond acceptors (Lipinski definition) is 5. The molecule has 0 atom stereocenters. The molecular weight excluding hydrogens is 269 g/mol. The van der Waals surface area contributed by atoms with Crippen LogP contribution in [0, 0.1) is 12.7 Å². The van der Waals surface area contributed by atoms with Crippen molar-refractivity contribution >= 4 is 11.9 Å². The third-order valence-electron chi connectivity index (χ3n) is 3.32. The van der Waals surface area contributed by atoms with Gasteiger partial charge >= 0.3 is 0 Å². The van der Waals surface area contributed by atoms with E-state index >= 15 is 0 Å². The summed E-state index contributed by atoms with van der Waals surface area (Å²) in [6.07, 6.45) is 0. The lowest BCUT2D eigenvalue weighted by Crippen LogP contribution is -2.25. The second-order valence-corrected chi connectivity index (χ2v) is 4.66. The van der Waals surface area contributed by atoms with E-state index in [4.69, 9.17) is 0 Å². The molecule has 0 fully saturated rings. The van der Waals surface area contributed by atoms with Crippen LogP contribution >= 0.6 is 0 Å². The zero-order valence-corrected chi connectivity index (χ0v) is 12.8. The van der Waals surface area contributed by atoms with Gasteiger partial charge in [0.05, 0.1) is 0 Å². The van der Waals surface area contributed by atoms with Gasteiger partial charge in [0.15, 0.2) is 5.82 Å². The lowest BCUT2D eigenvalue weighted by molar-refractivity contribution is 0.627. The van der Waals surface area contributed by atoms with Crippen molar-refractivity contribution in [1.82, 2.24) is 15.0 Å². The van der Waals surface area contributed by atoms with E-state index < -0.39 is 0 Å². The maximum atomic E-state index is 13.3. The van der Waals surface area contributed by atoms with Crippen LogP contribution in [-0.4, -0.2) is 35.1 Å². The molecule has 1 N–H and O–H groups in total. The molecule has 0 unspecified atom stereocenters. The summed E-state index contributed by atoms with van der Waals surface area (Å²) in [5.41, 5.74) is 1.61. The number of anilines is 2. The second-order valence-electron chi connectivity index (χ2n) is 4.66. The molecule has 0 aliphatic rings. The monoisotopic (exact) mass is 289 g/mol. The molecule has 6 heteroatoms. The zero-order valence-electron chi connectivity index (χ0n) is 12.8. The first-order valence-corrected chi connectivity index (χ1v) is 7.04. The molecule has 0 amide bonds. The van der Waals surface area contributed by atoms with Crippen LogP contribution in [0.3, 0.4) is 0 Å². The van der Waals surface area contributed by atoms with Crippen molar-refractivity contribution < 1.29 is 4.39 Å². The van der Waals surface area contributed by atoms with Crippen LogP contribution in [0.1, 0.15) is 19.4 Å². The summed E-state index contributed by atoms with van der Waals surface area (Å²) in [5.74, 6) is 1.42. The van der Waals surface area contributed by atoms with E-state index in [9.17, 15) is 4.39 Å². The molecule has 21 heavy (non-hydrogen) atoms. The van der Waals surface area contributed by atoms with Crippen molar-refractivity contribution in [1.29, 1.82) is 0 Å². The van der Waals surface area contributed by atoms with Gasteiger partial charge in [0.25, 0.3) is 0 Å². The van der Waals surface area contributed by atoms with Crippen LogP contribution in [0.2, 0.25) is 0 Å². The summed E-state index contributed by atoms with van der Waals surface area (Å²) in [5, 5.41) is 2.95. The zero-order chi connectivity index (χ0) is 15.4. The molecule has 1 aromatic carbocycles. The van der Waals surface area contributed by atoms with Gasteiger partial charge in [0.1, 0.15) is 5.82 Å². The van der Waals surface area contributed by atoms with Gasteiger partial charge in [-0.05, 0) is 44.5 Å². The lowest BCUT2D eigenvalue weighted by atomic mass is 10.1. The molecule has 0 saturated heterocycles. The van der Waals surface area contributed by atoms with Gasteiger partial charge in [0, 0.05) is 25.7 Å². The van der Waals surface area contributed by atoms with E-state index in [1.807, 2.05) is 11.8 Å². The summed E-state index contributed by atoms with van der Waals surface area (Å²) in [6.45, 7) is 7.57. The van der Waals surface area contributed by atoms with Gasteiger partial charge in [-0.3, -0.25) is 0 Å². The van der Waals surface area contributed by atoms with E-state index in [2.05, 4.69) is 34.1 Å². The first-order valence-electron chi connectivity index (χ1n) is 7.04. The maximum Gasteiger partial charge on any atom is 0.230 e. The fraction of sp³-hybridized carbons (Fsp3) is 0.400. The van der Waals surface area contributed by atoms with Crippen molar-refractivity contribution in [2.45, 2.75) is 20.8 Å². The Kier molecular flexibility index (Phi) is 4.67. The van der Waals surface area contributed by atoms with E-state index in [0.29, 0.717) is 17.7 Å². The van der Waals surface area contributed by atoms with Gasteiger partial charge in [-0.25, -0.2) is 4.39 Å². The van der Waals surface area contributed by atoms with Crippen LogP contribution in [0.25, 0.3) is 11.4 Å². The Morgan fingerprint density at radius 2 is 1.86 bits per heavy atom. The number of halogens is 1. The molecule has 2 aromatic rings. The molecule has 112 valence electrons. The predicted octanol–water partition coefficient (Wildman–Crippen LogP) is 2.87. The predicted molar refractivity (Wildman–Crippen MR) is 83.1 cm³/mol. The van der Waals surface area contributed by atoms with E-state index in [1.54, 1.807) is 13.1 Å². The number of benzene rings is 1. The third kappa shape index (κ3) is 3.26. The normalized spacial score (nSPS) is 10.5. The second kappa shape index (κ2) is 6.47. The highest BCUT2D eigenvalue weighted by Crippen LogP contribution is 2.23. The Balaban J connectivity index is 2.55. The van der Waals surface area contributed by atoms with Crippen LogP contribution in [-0.2, 0) is 0 Å². The van der Waals surface area contributed by atoms with E-state index in [1.165, 1.54) is 12.1 Å². The molecule has 0 spiro atoms. The minimum atomic E-state index is -0.261. The van der Waals surface area contributed by atoms with Crippen molar-refractivity contribution in [2.75, 3.05) is 30.4 Å². The molecule has 2 rings (SSSR count). The summed E-state index contributed by atoms with van der Waals surface area (Å²) >= 11 is 0. The number of nitrogens with one attached hydrogen (secondary N) is 1. The van der Waals surface area contributed by atoms with Crippen LogP contribution in [0.15, 0.2) is 18.2 Å². The topological polar surface area (TPSA) is 53.9 Å². The highest BCUT2D eigenvalue weighted by molar-refractivity contribution is 5.62. The highest BCUT2D eigenvalue weighted by atomic mass is 19.1. The number of aryl methyl sites for hydroxylation is 1. The largest absolute Gasteiger partial charge is 0.357 e. The summed E-state index contributed by atoms with van der Waals surface area (Å²) in [7, 11) is 1.77. The Morgan fingerprint density at radius 3 is 2.43 bits per heavy atom. The Bertz CT molecular complexity index is 625. The quantitative estimate of drug-likeness (QED) is 0.917. The molecule has 0 aliphatic carbocycles. The molecule has 0 radical (unpaired) electrons. The number of rotatable bonds is 5. The molecule has 0 saturated carbocycles. The van der Waals surface area contributed by atoms with Crippen LogP contribution < -0.4 is 10.2 Å². The van der Waals surface area contributed by atoms with Crippen molar-refractivity contribution in [3.63, 3.8) is 0 Å². The van der Waals surface area contributed by atoms with Gasteiger partial charge in [0.2, 0.25) is 11.9 Å². The maximum absolute atomic E-state index is 13.3. The Morgan fingerprint density at radius 1 is 1.14 bits per heavy atom. The van der Waals surface area contributed by atoms with Crippen LogP contribution in [0.5, 0.6) is 0 Å². The smallest absolute Gasteiger partial charge is 0.230 e. The molecule has 0 aliphatic heterocycles. The summed E-state index contributed by atoms with van der Waals surface area (Å²) < 4.78 is 13.3. The fourth-order valence-corrected chi connectivity index (χ4v) is 2.12. The van der Waals surface area contributed by atoms with E-state index in [0.717, 1.165) is 24.2 Å². The Hall–Kier alpha value is -2.24. The first kappa shape index (κ1) is 15.2. The van der Waals surface area contributed by atoms with Gasteiger partial charge < -0.3 is 10.2 Å². The average Bonchev–Trinajstić information content (AvgIpc) is 2.48. The highest BCUT2D eigenvalue weighted by Gasteiger charge is 2.13. The van der Waals surface area contributed by atoms with Gasteiger partial charge in [-0.15, -0.1) is 0 Å². The van der Waals surface area contributed by atoms with Gasteiger partial charge in [-0.1, -0.05) is 0 Å². The minimum absolute atomic E-state index is 0.261. The third-order valence-corrected chi connectivity index (χ3v) is 3.32. The molecule has 1 heterocycles. The molecule has 0 bridgehead atoms. The van der Waals surface area contributed by atoms with Crippen LogP contribution in [0.4, 0.5) is 16.3 Å². The lowest BCUT2D eigenvalue weighted by Gasteiger charge is -2.19. The average molecular weight is 289 g/mol. The minimum Gasteiger partial charge on any atom is -0.357 e. The SMILES string of the molecule is CCN(CC)c1nc(NC)nc(-c2ccc(F)cc2C)n1. The number of nitrogens with zero attached hydrogens (tertiary/aromatic N) is 4. The summed E-state index contributed by atoms with van der Waals surface area (Å²) in [4.78, 5) is 15.3. The van der Waals surface area contributed by atoms with Crippen molar-refractivity contribution in [3.8, 4) is 11.4 Å². The molecule has 5 nitrogen and oxygen atoms in total. The number of hydrogen-bond donors (Lipinski definition) is 1. The summed E-state index contributed by atoms with van der Waals surface area (Å²) in [6, 6.07) is 4.60.